The van der Waals surface area contributed by atoms with E-state index in [1.54, 1.807) is 20.3 Å². The van der Waals surface area contributed by atoms with Crippen LogP contribution in [0, 0.1) is 0 Å². The number of carbonyl (C=O) groups is 1. The van der Waals surface area contributed by atoms with E-state index >= 15 is 0 Å². The number of ether oxygens (including phenoxy) is 2. The van der Waals surface area contributed by atoms with Gasteiger partial charge in [-0.25, -0.2) is 4.79 Å². The molecule has 0 bridgehead atoms. The van der Waals surface area contributed by atoms with Gasteiger partial charge >= 0.3 is 5.97 Å². The Bertz CT molecular complexity index is 1300. The third kappa shape index (κ3) is 4.99. The molecule has 0 aromatic heterocycles. The highest BCUT2D eigenvalue weighted by Crippen LogP contribution is 2.34. The number of hydrogen-bond donors (Lipinski definition) is 2. The summed E-state index contributed by atoms with van der Waals surface area (Å²) in [6, 6.07) is 25.7. The third-order valence-corrected chi connectivity index (χ3v) is 5.83. The van der Waals surface area contributed by atoms with Crippen LogP contribution in [0.15, 0.2) is 78.9 Å². The first kappa shape index (κ1) is 22.4. The largest absolute Gasteiger partial charge is 0.497 e. The van der Waals surface area contributed by atoms with Gasteiger partial charge in [0, 0.05) is 12.6 Å². The number of fused-ring (bicyclic) bond motifs is 1. The number of benzene rings is 4. The summed E-state index contributed by atoms with van der Waals surface area (Å²) >= 11 is 0. The first-order valence-corrected chi connectivity index (χ1v) is 10.8. The first-order valence-electron chi connectivity index (χ1n) is 10.8. The van der Waals surface area contributed by atoms with Gasteiger partial charge < -0.3 is 19.9 Å². The summed E-state index contributed by atoms with van der Waals surface area (Å²) < 4.78 is 10.7. The quantitative estimate of drug-likeness (QED) is 0.347. The van der Waals surface area contributed by atoms with E-state index in [1.165, 1.54) is 6.07 Å². The van der Waals surface area contributed by atoms with Crippen molar-refractivity contribution in [2.24, 2.45) is 0 Å². The number of methoxy groups -OCH3 is 2. The average Bonchev–Trinajstić information content (AvgIpc) is 2.86. The molecule has 0 saturated carbocycles. The molecule has 0 aliphatic rings. The summed E-state index contributed by atoms with van der Waals surface area (Å²) in [5, 5.41) is 15.3. The van der Waals surface area contributed by atoms with E-state index in [9.17, 15) is 9.90 Å². The van der Waals surface area contributed by atoms with Crippen molar-refractivity contribution < 1.29 is 19.4 Å². The standard InChI is InChI=1S/C28H27NO4/c1-18(29-17-19-7-6-9-24(11-19)32-2)21-12-20-8-4-5-10-26(20)27(16-21)22-13-23(28(30)31)15-25(14-22)33-3/h4-16,18,29H,17H2,1-3H3,(H,30,31). The zero-order valence-electron chi connectivity index (χ0n) is 19.0. The summed E-state index contributed by atoms with van der Waals surface area (Å²) in [6.45, 7) is 2.82. The number of aromatic carboxylic acids is 1. The topological polar surface area (TPSA) is 67.8 Å². The Morgan fingerprint density at radius 1 is 0.909 bits per heavy atom. The van der Waals surface area contributed by atoms with Crippen LogP contribution in [0.1, 0.15) is 34.5 Å². The average molecular weight is 442 g/mol. The molecule has 0 aliphatic carbocycles. The van der Waals surface area contributed by atoms with Crippen LogP contribution in [-0.4, -0.2) is 25.3 Å². The predicted molar refractivity (Wildman–Crippen MR) is 131 cm³/mol. The van der Waals surface area contributed by atoms with Gasteiger partial charge in [0.05, 0.1) is 19.8 Å². The van der Waals surface area contributed by atoms with Crippen molar-refractivity contribution in [1.29, 1.82) is 0 Å². The molecule has 1 unspecified atom stereocenters. The summed E-state index contributed by atoms with van der Waals surface area (Å²) in [5.74, 6) is 0.370. The minimum atomic E-state index is -0.982. The van der Waals surface area contributed by atoms with Gasteiger partial charge in [0.2, 0.25) is 0 Å². The Balaban J connectivity index is 1.73. The Morgan fingerprint density at radius 2 is 1.70 bits per heavy atom. The molecule has 0 heterocycles. The van der Waals surface area contributed by atoms with Crippen LogP contribution in [0.4, 0.5) is 0 Å². The Morgan fingerprint density at radius 3 is 2.45 bits per heavy atom. The summed E-state index contributed by atoms with van der Waals surface area (Å²) in [6.07, 6.45) is 0. The Hall–Kier alpha value is -3.83. The van der Waals surface area contributed by atoms with Crippen molar-refractivity contribution >= 4 is 16.7 Å². The molecule has 2 N–H and O–H groups in total. The second kappa shape index (κ2) is 9.76. The highest BCUT2D eigenvalue weighted by Gasteiger charge is 2.14. The van der Waals surface area contributed by atoms with Crippen molar-refractivity contribution in [3.05, 3.63) is 95.6 Å². The van der Waals surface area contributed by atoms with E-state index in [0.29, 0.717) is 12.3 Å². The molecule has 4 aromatic rings. The van der Waals surface area contributed by atoms with Crippen molar-refractivity contribution in [2.45, 2.75) is 19.5 Å². The minimum Gasteiger partial charge on any atom is -0.497 e. The molecule has 0 fully saturated rings. The summed E-state index contributed by atoms with van der Waals surface area (Å²) in [7, 11) is 3.21. The van der Waals surface area contributed by atoms with E-state index in [2.05, 4.69) is 42.6 Å². The molecule has 0 amide bonds. The number of nitrogens with one attached hydrogen (secondary N) is 1. The fourth-order valence-corrected chi connectivity index (χ4v) is 3.99. The van der Waals surface area contributed by atoms with Crippen LogP contribution < -0.4 is 14.8 Å². The number of hydrogen-bond acceptors (Lipinski definition) is 4. The molecule has 5 heteroatoms. The lowest BCUT2D eigenvalue weighted by Crippen LogP contribution is -2.18. The van der Waals surface area contributed by atoms with Crippen molar-refractivity contribution in [1.82, 2.24) is 5.32 Å². The molecule has 0 spiro atoms. The van der Waals surface area contributed by atoms with Gasteiger partial charge in [-0.15, -0.1) is 0 Å². The van der Waals surface area contributed by atoms with Crippen molar-refractivity contribution in [2.75, 3.05) is 14.2 Å². The molecular weight excluding hydrogens is 414 g/mol. The second-order valence-electron chi connectivity index (χ2n) is 8.00. The van der Waals surface area contributed by atoms with Gasteiger partial charge in [0.1, 0.15) is 11.5 Å². The molecule has 4 rings (SSSR count). The normalized spacial score (nSPS) is 11.8. The highest BCUT2D eigenvalue weighted by molar-refractivity contribution is 5.99. The smallest absolute Gasteiger partial charge is 0.335 e. The fraction of sp³-hybridized carbons (Fsp3) is 0.179. The van der Waals surface area contributed by atoms with Gasteiger partial charge in [0.25, 0.3) is 0 Å². The molecule has 168 valence electrons. The summed E-state index contributed by atoms with van der Waals surface area (Å²) in [5.41, 5.74) is 4.24. The fourth-order valence-electron chi connectivity index (χ4n) is 3.99. The van der Waals surface area contributed by atoms with Crippen LogP contribution >= 0.6 is 0 Å². The number of carboxylic acids is 1. The van der Waals surface area contributed by atoms with Gasteiger partial charge in [-0.05, 0) is 82.4 Å². The summed E-state index contributed by atoms with van der Waals surface area (Å²) in [4.78, 5) is 11.7. The van der Waals surface area contributed by atoms with Crippen LogP contribution in [0.3, 0.4) is 0 Å². The molecule has 33 heavy (non-hydrogen) atoms. The van der Waals surface area contributed by atoms with Crippen molar-refractivity contribution in [3.63, 3.8) is 0 Å². The monoisotopic (exact) mass is 441 g/mol. The van der Waals surface area contributed by atoms with Crippen LogP contribution in [0.25, 0.3) is 21.9 Å². The third-order valence-electron chi connectivity index (χ3n) is 5.83. The van der Waals surface area contributed by atoms with Gasteiger partial charge in [-0.3, -0.25) is 0 Å². The van der Waals surface area contributed by atoms with E-state index in [4.69, 9.17) is 9.47 Å². The van der Waals surface area contributed by atoms with Crippen LogP contribution in [-0.2, 0) is 6.54 Å². The zero-order valence-corrected chi connectivity index (χ0v) is 19.0. The van der Waals surface area contributed by atoms with E-state index < -0.39 is 5.97 Å². The molecule has 5 nitrogen and oxygen atoms in total. The maximum atomic E-state index is 11.7. The maximum Gasteiger partial charge on any atom is 0.335 e. The van der Waals surface area contributed by atoms with E-state index in [0.717, 1.165) is 38.8 Å². The maximum absolute atomic E-state index is 11.7. The molecule has 0 radical (unpaired) electrons. The number of carboxylic acid groups (broad SMARTS) is 1. The first-order chi connectivity index (χ1) is 16.0. The lowest BCUT2D eigenvalue weighted by atomic mass is 9.92. The van der Waals surface area contributed by atoms with E-state index in [1.807, 2.05) is 36.4 Å². The molecule has 1 atom stereocenters. The Labute approximate surface area is 193 Å². The lowest BCUT2D eigenvalue weighted by molar-refractivity contribution is 0.0696. The van der Waals surface area contributed by atoms with Gasteiger partial charge in [0.15, 0.2) is 0 Å². The molecule has 0 saturated heterocycles. The number of rotatable bonds is 8. The molecule has 4 aromatic carbocycles. The molecule has 0 aliphatic heterocycles. The SMILES string of the molecule is COc1cccc(CNC(C)c2cc(-c3cc(OC)cc(C(=O)O)c3)c3ccccc3c2)c1. The Kier molecular flexibility index (Phi) is 6.61. The van der Waals surface area contributed by atoms with Gasteiger partial charge in [-0.2, -0.15) is 0 Å². The minimum absolute atomic E-state index is 0.0732. The zero-order chi connectivity index (χ0) is 23.4. The predicted octanol–water partition coefficient (Wildman–Crippen LogP) is 6.07. The van der Waals surface area contributed by atoms with Gasteiger partial charge in [-0.1, -0.05) is 36.4 Å². The van der Waals surface area contributed by atoms with Crippen molar-refractivity contribution in [3.8, 4) is 22.6 Å². The lowest BCUT2D eigenvalue weighted by Gasteiger charge is -2.18. The second-order valence-corrected chi connectivity index (χ2v) is 8.00. The van der Waals surface area contributed by atoms with E-state index in [-0.39, 0.29) is 11.6 Å². The highest BCUT2D eigenvalue weighted by atomic mass is 16.5. The van der Waals surface area contributed by atoms with Crippen LogP contribution in [0.2, 0.25) is 0 Å². The van der Waals surface area contributed by atoms with Crippen LogP contribution in [0.5, 0.6) is 11.5 Å². The molecular formula is C28H27NO4.